The molecular weight excluding hydrogens is 878 g/mol. The Morgan fingerprint density at radius 1 is 0.761 bits per heavy atom. The Hall–Kier alpha value is -6.52. The summed E-state index contributed by atoms with van der Waals surface area (Å²) >= 11 is 12.6. The van der Waals surface area contributed by atoms with Gasteiger partial charge in [-0.1, -0.05) is 164 Å². The van der Waals surface area contributed by atoms with Crippen LogP contribution in [0.15, 0.2) is 164 Å². The highest BCUT2D eigenvalue weighted by atomic mass is 35.5. The van der Waals surface area contributed by atoms with Gasteiger partial charge in [0.2, 0.25) is 5.91 Å². The average Bonchev–Trinajstić information content (AvgIpc) is 3.36. The zero-order chi connectivity index (χ0) is 47.3. The summed E-state index contributed by atoms with van der Waals surface area (Å²) in [5, 5.41) is 19.1. The van der Waals surface area contributed by atoms with Gasteiger partial charge in [-0.3, -0.25) is 14.4 Å². The van der Waals surface area contributed by atoms with E-state index in [9.17, 15) is 19.5 Å². The van der Waals surface area contributed by atoms with E-state index in [1.54, 1.807) is 11.8 Å². The van der Waals surface area contributed by atoms with Crippen LogP contribution in [0, 0.1) is 0 Å². The minimum atomic E-state index is -0.338. The Kier molecular flexibility index (Phi) is 16.5. The molecule has 1 aromatic heterocycles. The number of pyridine rings is 1. The zero-order valence-corrected chi connectivity index (χ0v) is 39.7. The monoisotopic (exact) mass is 933 g/mol. The smallest absolute Gasteiger partial charge is 0.256 e. The highest BCUT2D eigenvalue weighted by molar-refractivity contribution is 6.42. The van der Waals surface area contributed by atoms with E-state index in [1.807, 2.05) is 166 Å². The standard InChI is InChI=1S/C31H35Cl2N3O2.C25H22N2O2/c1-23(37)34-31(27-11-7-4-8-12-27)16-19-36(20-17-31)18-15-26(25-13-14-28(32)29(33)21-25)22-35(2)30(38)24-9-5-3-6-10-24;1-2-20(17-11-5-3-6-12-17)27-25(29)22-19-15-9-10-16-21(19)26-23(24(22)28)18-13-7-4-8-14-18/h3-14,21,26H,15-20,22H2,1-2H3,(H,34,37);3-16,20,28H,2H2,1H3,(H,27,29)/t26-;20-/m10/s1. The summed E-state index contributed by atoms with van der Waals surface area (Å²) in [5.74, 6) is -0.326. The third kappa shape index (κ3) is 12.1. The largest absolute Gasteiger partial charge is 0.505 e. The van der Waals surface area contributed by atoms with E-state index in [-0.39, 0.29) is 46.5 Å². The molecule has 0 unspecified atom stereocenters. The van der Waals surface area contributed by atoms with E-state index in [0.717, 1.165) is 67.6 Å². The van der Waals surface area contributed by atoms with E-state index >= 15 is 0 Å². The molecule has 3 N–H and O–H groups in total. The van der Waals surface area contributed by atoms with Gasteiger partial charge in [0.15, 0.2) is 5.75 Å². The number of fused-ring (bicyclic) bond motifs is 1. The minimum absolute atomic E-state index is 0.00316. The summed E-state index contributed by atoms with van der Waals surface area (Å²) in [4.78, 5) is 47.3. The van der Waals surface area contributed by atoms with Gasteiger partial charge in [-0.2, -0.15) is 0 Å². The molecule has 3 amide bonds. The van der Waals surface area contributed by atoms with Gasteiger partial charge in [-0.05, 0) is 79.3 Å². The van der Waals surface area contributed by atoms with Gasteiger partial charge in [0.1, 0.15) is 5.69 Å². The molecule has 11 heteroatoms. The van der Waals surface area contributed by atoms with Gasteiger partial charge in [0.25, 0.3) is 11.8 Å². The molecule has 1 aliphatic heterocycles. The molecule has 2 atom stereocenters. The number of nitrogens with zero attached hydrogens (tertiary/aromatic N) is 3. The van der Waals surface area contributed by atoms with Crippen LogP contribution in [-0.2, 0) is 10.3 Å². The number of benzene rings is 6. The van der Waals surface area contributed by atoms with Crippen molar-refractivity contribution in [2.45, 2.75) is 57.0 Å². The van der Waals surface area contributed by atoms with E-state index in [0.29, 0.717) is 38.8 Å². The van der Waals surface area contributed by atoms with Crippen LogP contribution in [0.3, 0.4) is 0 Å². The van der Waals surface area contributed by atoms with Crippen molar-refractivity contribution in [1.29, 1.82) is 0 Å². The number of piperidine rings is 1. The number of carbonyl (C=O) groups is 3. The molecule has 2 heterocycles. The number of aromatic hydroxyl groups is 1. The maximum Gasteiger partial charge on any atom is 0.256 e. The second kappa shape index (κ2) is 22.8. The second-order valence-corrected chi connectivity index (χ2v) is 17.9. The van der Waals surface area contributed by atoms with Crippen molar-refractivity contribution in [3.8, 4) is 17.0 Å². The van der Waals surface area contributed by atoms with E-state index in [1.165, 1.54) is 0 Å². The van der Waals surface area contributed by atoms with E-state index in [2.05, 4.69) is 32.7 Å². The first-order chi connectivity index (χ1) is 32.5. The Morgan fingerprint density at radius 3 is 1.99 bits per heavy atom. The van der Waals surface area contributed by atoms with Crippen molar-refractivity contribution in [2.24, 2.45) is 0 Å². The number of hydrogen-bond acceptors (Lipinski definition) is 6. The fourth-order valence-electron chi connectivity index (χ4n) is 8.99. The lowest BCUT2D eigenvalue weighted by molar-refractivity contribution is -0.121. The summed E-state index contributed by atoms with van der Waals surface area (Å²) in [7, 11) is 1.85. The Bertz CT molecular complexity index is 2750. The number of aromatic nitrogens is 1. The topological polar surface area (TPSA) is 115 Å². The van der Waals surface area contributed by atoms with Crippen molar-refractivity contribution in [1.82, 2.24) is 25.4 Å². The maximum absolute atomic E-state index is 13.3. The highest BCUT2D eigenvalue weighted by Crippen LogP contribution is 2.37. The molecule has 1 fully saturated rings. The number of amides is 3. The van der Waals surface area contributed by atoms with Crippen molar-refractivity contribution < 1.29 is 19.5 Å². The fourth-order valence-corrected chi connectivity index (χ4v) is 9.29. The molecule has 6 aromatic carbocycles. The van der Waals surface area contributed by atoms with E-state index < -0.39 is 0 Å². The SMILES string of the molecule is CC(=O)NC1(c2ccccc2)CCN(CC[C@H](CN(C)C(=O)c2ccccc2)c2ccc(Cl)c(Cl)c2)CC1.CC[C@H](NC(=O)c1c(O)c(-c2ccccc2)nc2ccccc12)c1ccccc1. The fraction of sp³-hybridized carbons (Fsp3) is 0.250. The molecule has 7 aromatic rings. The summed E-state index contributed by atoms with van der Waals surface area (Å²) < 4.78 is 0. The molecular formula is C56H57Cl2N5O4. The quantitative estimate of drug-likeness (QED) is 0.100. The number of nitrogens with one attached hydrogen (secondary N) is 2. The van der Waals surface area contributed by atoms with Crippen molar-refractivity contribution in [3.05, 3.63) is 202 Å². The number of likely N-dealkylation sites (tertiary alicyclic amines) is 1. The summed E-state index contributed by atoms with van der Waals surface area (Å²) in [6, 6.07) is 51.9. The first-order valence-corrected chi connectivity index (χ1v) is 23.6. The Morgan fingerprint density at radius 2 is 1.36 bits per heavy atom. The lowest BCUT2D eigenvalue weighted by Gasteiger charge is -2.43. The van der Waals surface area contributed by atoms with Crippen LogP contribution in [0.5, 0.6) is 5.75 Å². The van der Waals surface area contributed by atoms with Gasteiger partial charge < -0.3 is 25.5 Å². The second-order valence-electron chi connectivity index (χ2n) is 17.1. The number of para-hydroxylation sites is 1. The van der Waals surface area contributed by atoms with Crippen LogP contribution in [0.25, 0.3) is 22.2 Å². The number of hydrogen-bond donors (Lipinski definition) is 3. The lowest BCUT2D eigenvalue weighted by atomic mass is 9.80. The summed E-state index contributed by atoms with van der Waals surface area (Å²) in [5.41, 5.74) is 5.69. The Balaban J connectivity index is 0.000000206. The molecule has 0 saturated carbocycles. The molecule has 8 rings (SSSR count). The molecule has 344 valence electrons. The number of halogens is 2. The van der Waals surface area contributed by atoms with E-state index in [4.69, 9.17) is 23.2 Å². The number of rotatable bonds is 14. The molecule has 1 saturated heterocycles. The third-order valence-electron chi connectivity index (χ3n) is 12.6. The highest BCUT2D eigenvalue weighted by Gasteiger charge is 2.37. The number of likely N-dealkylation sites (N-methyl/N-ethyl adjacent to an activating group) is 1. The van der Waals surface area contributed by atoms with Crippen molar-refractivity contribution in [2.75, 3.05) is 33.2 Å². The van der Waals surface area contributed by atoms with Crippen LogP contribution in [-0.4, -0.2) is 70.8 Å². The minimum Gasteiger partial charge on any atom is -0.505 e. The van der Waals surface area contributed by atoms with Gasteiger partial charge in [-0.15, -0.1) is 0 Å². The van der Waals surface area contributed by atoms with Gasteiger partial charge in [0, 0.05) is 56.0 Å². The Labute approximate surface area is 403 Å². The summed E-state index contributed by atoms with van der Waals surface area (Å²) in [6.45, 7) is 6.82. The molecule has 1 aliphatic rings. The number of carbonyl (C=O) groups excluding carboxylic acids is 3. The first kappa shape index (κ1) is 48.4. The van der Waals surface area contributed by atoms with Gasteiger partial charge in [0.05, 0.1) is 32.7 Å². The molecule has 67 heavy (non-hydrogen) atoms. The molecule has 0 aliphatic carbocycles. The van der Waals surface area contributed by atoms with Gasteiger partial charge >= 0.3 is 0 Å². The molecule has 0 bridgehead atoms. The van der Waals surface area contributed by atoms with Gasteiger partial charge in [-0.25, -0.2) is 4.98 Å². The van der Waals surface area contributed by atoms with Crippen LogP contribution >= 0.6 is 23.2 Å². The van der Waals surface area contributed by atoms with Crippen molar-refractivity contribution in [3.63, 3.8) is 0 Å². The predicted molar refractivity (Wildman–Crippen MR) is 271 cm³/mol. The molecule has 0 spiro atoms. The van der Waals surface area contributed by atoms with Crippen LogP contribution in [0.2, 0.25) is 10.0 Å². The predicted octanol–water partition coefficient (Wildman–Crippen LogP) is 11.9. The van der Waals surface area contributed by atoms with Crippen LogP contribution in [0.1, 0.15) is 88.9 Å². The molecule has 0 radical (unpaired) electrons. The first-order valence-electron chi connectivity index (χ1n) is 22.8. The lowest BCUT2D eigenvalue weighted by Crippen LogP contribution is -2.52. The third-order valence-corrected chi connectivity index (χ3v) is 13.3. The normalized spacial score (nSPS) is 14.2. The molecule has 9 nitrogen and oxygen atoms in total. The zero-order valence-electron chi connectivity index (χ0n) is 38.2. The summed E-state index contributed by atoms with van der Waals surface area (Å²) in [6.07, 6.45) is 3.30. The average molecular weight is 935 g/mol. The van der Waals surface area contributed by atoms with Crippen LogP contribution in [0.4, 0.5) is 0 Å². The van der Waals surface area contributed by atoms with Crippen molar-refractivity contribution >= 4 is 51.8 Å². The van der Waals surface area contributed by atoms with Crippen LogP contribution < -0.4 is 10.6 Å². The maximum atomic E-state index is 13.3.